The Kier molecular flexibility index (Phi) is 6.43. The number of aliphatic hydroxyl groups excluding tert-OH is 1. The van der Waals surface area contributed by atoms with Crippen LogP contribution in [0, 0.1) is 0 Å². The molecular formula is C11H18N2O4S2. The molecule has 1 aromatic heterocycles. The van der Waals surface area contributed by atoms with Crippen LogP contribution in [0.25, 0.3) is 0 Å². The topological polar surface area (TPSA) is 95.5 Å². The first-order valence-corrected chi connectivity index (χ1v) is 8.29. The number of carbonyl (C=O) groups is 1. The molecule has 3 N–H and O–H groups in total. The van der Waals surface area contributed by atoms with Crippen LogP contribution >= 0.6 is 11.3 Å². The fraction of sp³-hybridized carbons (Fsp3) is 0.545. The van der Waals surface area contributed by atoms with Gasteiger partial charge in [0.25, 0.3) is 0 Å². The van der Waals surface area contributed by atoms with Gasteiger partial charge in [-0.15, -0.1) is 11.3 Å². The van der Waals surface area contributed by atoms with Crippen molar-refractivity contribution < 1.29 is 18.3 Å². The van der Waals surface area contributed by atoms with E-state index in [2.05, 4.69) is 10.0 Å². The Morgan fingerprint density at radius 2 is 2.26 bits per heavy atom. The molecule has 0 saturated carbocycles. The predicted molar refractivity (Wildman–Crippen MR) is 73.4 cm³/mol. The third-order valence-electron chi connectivity index (χ3n) is 2.48. The van der Waals surface area contributed by atoms with Gasteiger partial charge in [0.1, 0.15) is 4.21 Å². The molecule has 0 spiro atoms. The summed E-state index contributed by atoms with van der Waals surface area (Å²) in [6, 6.07) is 2.88. The highest BCUT2D eigenvalue weighted by Crippen LogP contribution is 2.14. The third kappa shape index (κ3) is 5.27. The van der Waals surface area contributed by atoms with Crippen molar-refractivity contribution in [3.63, 3.8) is 0 Å². The molecule has 0 saturated heterocycles. The van der Waals surface area contributed by atoms with Crippen LogP contribution in [0.15, 0.2) is 21.7 Å². The normalized spacial score (nSPS) is 13.2. The van der Waals surface area contributed by atoms with Crippen LogP contribution < -0.4 is 10.0 Å². The number of sulfonamides is 1. The molecule has 0 aliphatic heterocycles. The molecule has 1 aromatic rings. The number of aliphatic hydroxyl groups is 1. The largest absolute Gasteiger partial charge is 0.394 e. The van der Waals surface area contributed by atoms with E-state index >= 15 is 0 Å². The van der Waals surface area contributed by atoms with Gasteiger partial charge in [-0.1, -0.05) is 13.0 Å². The smallest absolute Gasteiger partial charge is 0.250 e. The van der Waals surface area contributed by atoms with Crippen LogP contribution in [0.4, 0.5) is 0 Å². The van der Waals surface area contributed by atoms with Gasteiger partial charge in [-0.3, -0.25) is 4.79 Å². The average molecular weight is 306 g/mol. The maximum atomic E-state index is 11.7. The minimum atomic E-state index is -3.51. The lowest BCUT2D eigenvalue weighted by molar-refractivity contribution is -0.121. The lowest BCUT2D eigenvalue weighted by Crippen LogP contribution is -2.38. The molecule has 1 rings (SSSR count). The summed E-state index contributed by atoms with van der Waals surface area (Å²) in [5.74, 6) is -0.283. The van der Waals surface area contributed by atoms with Gasteiger partial charge in [-0.25, -0.2) is 13.1 Å². The van der Waals surface area contributed by atoms with Crippen molar-refractivity contribution in [2.75, 3.05) is 13.2 Å². The number of amides is 1. The first-order chi connectivity index (χ1) is 8.99. The van der Waals surface area contributed by atoms with Crippen LogP contribution in [-0.4, -0.2) is 38.6 Å². The Morgan fingerprint density at radius 1 is 1.53 bits per heavy atom. The molecule has 108 valence electrons. The Hall–Kier alpha value is -0.960. The number of carbonyl (C=O) groups excluding carboxylic acids is 1. The van der Waals surface area contributed by atoms with Crippen molar-refractivity contribution in [2.45, 2.75) is 30.0 Å². The highest BCUT2D eigenvalue weighted by Gasteiger charge is 2.15. The molecule has 0 aliphatic rings. The Labute approximate surface area is 116 Å². The van der Waals surface area contributed by atoms with E-state index in [4.69, 9.17) is 5.11 Å². The van der Waals surface area contributed by atoms with E-state index < -0.39 is 10.0 Å². The van der Waals surface area contributed by atoms with Gasteiger partial charge in [-0.05, 0) is 17.9 Å². The molecule has 1 amide bonds. The number of hydrogen-bond acceptors (Lipinski definition) is 5. The Bertz CT molecular complexity index is 481. The number of rotatable bonds is 8. The second-order valence-electron chi connectivity index (χ2n) is 3.94. The third-order valence-corrected chi connectivity index (χ3v) is 5.34. The summed E-state index contributed by atoms with van der Waals surface area (Å²) < 4.78 is 26.1. The average Bonchev–Trinajstić information content (AvgIpc) is 2.90. The van der Waals surface area contributed by atoms with Gasteiger partial charge in [0.2, 0.25) is 15.9 Å². The first-order valence-electron chi connectivity index (χ1n) is 5.93. The van der Waals surface area contributed by atoms with E-state index in [0.717, 1.165) is 11.3 Å². The Balaban J connectivity index is 2.36. The minimum absolute atomic E-state index is 0.0356. The number of hydrogen-bond donors (Lipinski definition) is 3. The highest BCUT2D eigenvalue weighted by molar-refractivity contribution is 7.91. The molecule has 1 heterocycles. The zero-order valence-corrected chi connectivity index (χ0v) is 12.3. The van der Waals surface area contributed by atoms with Gasteiger partial charge in [0, 0.05) is 13.0 Å². The summed E-state index contributed by atoms with van der Waals surface area (Å²) in [6.45, 7) is 1.76. The molecule has 8 heteroatoms. The molecule has 0 fully saturated rings. The van der Waals surface area contributed by atoms with Gasteiger partial charge in [0.05, 0.1) is 12.6 Å². The fourth-order valence-electron chi connectivity index (χ4n) is 1.36. The molecule has 1 atom stereocenters. The van der Waals surface area contributed by atoms with E-state index in [-0.39, 0.29) is 35.7 Å². The summed E-state index contributed by atoms with van der Waals surface area (Å²) >= 11 is 1.12. The van der Waals surface area contributed by atoms with Crippen molar-refractivity contribution in [3.8, 4) is 0 Å². The maximum Gasteiger partial charge on any atom is 0.250 e. The van der Waals surface area contributed by atoms with E-state index in [1.807, 2.05) is 6.92 Å². The quantitative estimate of drug-likeness (QED) is 0.644. The molecule has 6 nitrogen and oxygen atoms in total. The Morgan fingerprint density at radius 3 is 2.79 bits per heavy atom. The summed E-state index contributed by atoms with van der Waals surface area (Å²) in [5.41, 5.74) is 0. The van der Waals surface area contributed by atoms with Crippen molar-refractivity contribution >= 4 is 27.3 Å². The van der Waals surface area contributed by atoms with E-state index in [0.29, 0.717) is 6.42 Å². The molecule has 0 aromatic carbocycles. The van der Waals surface area contributed by atoms with Crippen molar-refractivity contribution in [3.05, 3.63) is 17.5 Å². The number of thiophene rings is 1. The summed E-state index contributed by atoms with van der Waals surface area (Å²) in [5, 5.41) is 13.2. The zero-order valence-electron chi connectivity index (χ0n) is 10.6. The van der Waals surface area contributed by atoms with Gasteiger partial charge in [-0.2, -0.15) is 0 Å². The fourth-order valence-corrected chi connectivity index (χ4v) is 3.43. The number of nitrogens with one attached hydrogen (secondary N) is 2. The summed E-state index contributed by atoms with van der Waals surface area (Å²) in [4.78, 5) is 11.5. The lowest BCUT2D eigenvalue weighted by Gasteiger charge is -2.13. The van der Waals surface area contributed by atoms with Crippen LogP contribution in [0.1, 0.15) is 19.8 Å². The van der Waals surface area contributed by atoms with Gasteiger partial charge >= 0.3 is 0 Å². The zero-order chi connectivity index (χ0) is 14.3. The van der Waals surface area contributed by atoms with Crippen molar-refractivity contribution in [1.29, 1.82) is 0 Å². The monoisotopic (exact) mass is 306 g/mol. The molecule has 0 bridgehead atoms. The van der Waals surface area contributed by atoms with Gasteiger partial charge in [0.15, 0.2) is 0 Å². The van der Waals surface area contributed by atoms with Crippen molar-refractivity contribution in [1.82, 2.24) is 10.0 Å². The standard InChI is InChI=1S/C11H18N2O4S2/c1-2-9(8-14)13-10(15)5-6-12-19(16,17)11-4-3-7-18-11/h3-4,7,9,12,14H,2,5-6,8H2,1H3,(H,13,15)/t9-/m0/s1. The van der Waals surface area contributed by atoms with Gasteiger partial charge < -0.3 is 10.4 Å². The molecule has 0 aliphatic carbocycles. The minimum Gasteiger partial charge on any atom is -0.394 e. The lowest BCUT2D eigenvalue weighted by atomic mass is 10.2. The highest BCUT2D eigenvalue weighted by atomic mass is 32.2. The molecular weight excluding hydrogens is 288 g/mol. The van der Waals surface area contributed by atoms with E-state index in [1.165, 1.54) is 6.07 Å². The summed E-state index contributed by atoms with van der Waals surface area (Å²) in [6.07, 6.45) is 0.671. The second-order valence-corrected chi connectivity index (χ2v) is 6.88. The van der Waals surface area contributed by atoms with E-state index in [1.54, 1.807) is 11.4 Å². The molecule has 0 radical (unpaired) electrons. The summed E-state index contributed by atoms with van der Waals surface area (Å²) in [7, 11) is -3.51. The predicted octanol–water partition coefficient (Wildman–Crippen LogP) is 0.304. The SMILES string of the molecule is CC[C@@H](CO)NC(=O)CCNS(=O)(=O)c1cccs1. The van der Waals surface area contributed by atoms with Crippen LogP contribution in [0.3, 0.4) is 0 Å². The molecule has 19 heavy (non-hydrogen) atoms. The van der Waals surface area contributed by atoms with Crippen LogP contribution in [0.5, 0.6) is 0 Å². The molecule has 0 unspecified atom stereocenters. The van der Waals surface area contributed by atoms with Crippen LogP contribution in [-0.2, 0) is 14.8 Å². The maximum absolute atomic E-state index is 11.7. The van der Waals surface area contributed by atoms with E-state index in [9.17, 15) is 13.2 Å². The second kappa shape index (κ2) is 7.59. The van der Waals surface area contributed by atoms with Crippen LogP contribution in [0.2, 0.25) is 0 Å². The van der Waals surface area contributed by atoms with Crippen molar-refractivity contribution in [2.24, 2.45) is 0 Å². The first kappa shape index (κ1) is 16.1.